The molecule has 11 heteroatoms. The first-order chi connectivity index (χ1) is 17.2. The van der Waals surface area contributed by atoms with Crippen molar-refractivity contribution in [3.63, 3.8) is 0 Å². The van der Waals surface area contributed by atoms with Crippen LogP contribution < -0.4 is 4.74 Å². The van der Waals surface area contributed by atoms with Crippen molar-refractivity contribution < 1.29 is 31.2 Å². The van der Waals surface area contributed by atoms with E-state index in [2.05, 4.69) is 24.9 Å². The Hall–Kier alpha value is -4.15. The number of allylic oxidation sites excluding steroid dienone is 2. The summed E-state index contributed by atoms with van der Waals surface area (Å²) in [6.07, 6.45) is 0.437. The van der Waals surface area contributed by atoms with Gasteiger partial charge in [0.05, 0.1) is 23.0 Å². The summed E-state index contributed by atoms with van der Waals surface area (Å²) in [6, 6.07) is 10.7. The van der Waals surface area contributed by atoms with Crippen molar-refractivity contribution in [2.45, 2.75) is 31.7 Å². The van der Waals surface area contributed by atoms with Gasteiger partial charge >= 0.3 is 6.36 Å². The minimum atomic E-state index is -4.76. The van der Waals surface area contributed by atoms with Crippen molar-refractivity contribution >= 4 is 17.8 Å². The van der Waals surface area contributed by atoms with Gasteiger partial charge in [-0.15, -0.1) is 13.2 Å². The van der Waals surface area contributed by atoms with E-state index in [1.54, 1.807) is 12.3 Å². The number of nitrogens with zero attached hydrogens (tertiary/aromatic N) is 4. The third kappa shape index (κ3) is 5.24. The van der Waals surface area contributed by atoms with E-state index in [0.29, 0.717) is 47.7 Å². The number of aromatic nitrogens is 1. The Balaban J connectivity index is 1.27. The molecule has 0 radical (unpaired) electrons. The Morgan fingerprint density at radius 2 is 1.83 bits per heavy atom. The average Bonchev–Trinajstić information content (AvgIpc) is 3.44. The molecule has 0 aliphatic carbocycles. The Bertz CT molecular complexity index is 1400. The second-order valence-corrected chi connectivity index (χ2v) is 8.09. The molecule has 0 spiro atoms. The average molecular weight is 500 g/mol. The minimum absolute atomic E-state index is 0.0202. The molecule has 5 rings (SSSR count). The highest BCUT2D eigenvalue weighted by molar-refractivity contribution is 6.43. The first-order valence-electron chi connectivity index (χ1n) is 10.9. The van der Waals surface area contributed by atoms with Crippen LogP contribution in [0.25, 0.3) is 11.3 Å². The van der Waals surface area contributed by atoms with Crippen LogP contribution in [0, 0.1) is 11.6 Å². The topological polar surface area (TPSA) is 72.3 Å². The monoisotopic (exact) mass is 500 g/mol. The maximum absolute atomic E-state index is 14.2. The highest BCUT2D eigenvalue weighted by Crippen LogP contribution is 2.28. The summed E-state index contributed by atoms with van der Waals surface area (Å²) in [5, 5.41) is 4.05. The molecular weight excluding hydrogens is 483 g/mol. The quantitative estimate of drug-likeness (QED) is 0.399. The Labute approximate surface area is 201 Å². The number of aliphatic imine (C=N–C) groups is 3. The third-order valence-electron chi connectivity index (χ3n) is 5.53. The fourth-order valence-electron chi connectivity index (χ4n) is 3.83. The maximum atomic E-state index is 14.2. The normalized spacial score (nSPS) is 17.6. The number of alkyl halides is 3. The summed E-state index contributed by atoms with van der Waals surface area (Å²) in [4.78, 5) is 13.2. The van der Waals surface area contributed by atoms with E-state index >= 15 is 0 Å². The van der Waals surface area contributed by atoms with Crippen LogP contribution in [0.15, 0.2) is 79.8 Å². The van der Waals surface area contributed by atoms with Gasteiger partial charge in [0.1, 0.15) is 11.5 Å². The molecule has 0 bridgehead atoms. The lowest BCUT2D eigenvalue weighted by molar-refractivity contribution is -0.274. The van der Waals surface area contributed by atoms with Crippen molar-refractivity contribution in [3.8, 4) is 17.1 Å². The van der Waals surface area contributed by atoms with Gasteiger partial charge in [-0.1, -0.05) is 17.3 Å². The lowest BCUT2D eigenvalue weighted by Gasteiger charge is -2.11. The Morgan fingerprint density at radius 1 is 1.03 bits per heavy atom. The van der Waals surface area contributed by atoms with Crippen LogP contribution in [0.2, 0.25) is 0 Å². The predicted octanol–water partition coefficient (Wildman–Crippen LogP) is 6.08. The predicted molar refractivity (Wildman–Crippen MR) is 122 cm³/mol. The van der Waals surface area contributed by atoms with Crippen LogP contribution in [-0.2, 0) is 6.42 Å². The first kappa shape index (κ1) is 23.6. The van der Waals surface area contributed by atoms with Crippen LogP contribution in [0.3, 0.4) is 0 Å². The molecule has 0 saturated carbocycles. The van der Waals surface area contributed by atoms with Gasteiger partial charge in [-0.05, 0) is 49.2 Å². The lowest BCUT2D eigenvalue weighted by atomic mass is 10.0. The minimum Gasteiger partial charge on any atom is -0.406 e. The summed E-state index contributed by atoms with van der Waals surface area (Å²) in [5.41, 5.74) is 2.16. The molecule has 6 nitrogen and oxygen atoms in total. The van der Waals surface area contributed by atoms with Gasteiger partial charge in [-0.3, -0.25) is 4.99 Å². The SMILES string of the molecule is Fc1cccc(C2=NC3=CCCC(Cc4cc(-c5ccc(OC(F)(F)F)cc5)on4)N=CC3=N2)c1F. The standard InChI is InChI=1S/C25H17F5N4O2/c26-19-5-2-4-18(23(19)27)24-32-20-6-1-3-15(31-13-21(20)33-24)11-16-12-22(36-34-16)14-7-9-17(10-8-14)35-25(28,29)30/h2,4-10,12-13,15H,1,3,11H2. The fourth-order valence-corrected chi connectivity index (χ4v) is 3.83. The van der Waals surface area contributed by atoms with Crippen molar-refractivity contribution in [2.24, 2.45) is 15.0 Å². The number of ether oxygens (including phenoxy) is 1. The van der Waals surface area contributed by atoms with E-state index in [-0.39, 0.29) is 23.2 Å². The van der Waals surface area contributed by atoms with Crippen LogP contribution in [0.4, 0.5) is 22.0 Å². The molecule has 2 aromatic carbocycles. The van der Waals surface area contributed by atoms with Crippen LogP contribution in [0.1, 0.15) is 24.1 Å². The van der Waals surface area contributed by atoms with Gasteiger partial charge in [0.2, 0.25) is 0 Å². The summed E-state index contributed by atoms with van der Waals surface area (Å²) in [6.45, 7) is 0. The van der Waals surface area contributed by atoms with Gasteiger partial charge in [0, 0.05) is 24.3 Å². The Kier molecular flexibility index (Phi) is 6.21. The molecule has 1 atom stereocenters. The molecule has 0 N–H and O–H groups in total. The molecule has 0 saturated heterocycles. The van der Waals surface area contributed by atoms with Gasteiger partial charge in [-0.25, -0.2) is 18.8 Å². The van der Waals surface area contributed by atoms with Gasteiger partial charge in [0.25, 0.3) is 0 Å². The molecule has 36 heavy (non-hydrogen) atoms. The number of hydrogen-bond donors (Lipinski definition) is 0. The third-order valence-corrected chi connectivity index (χ3v) is 5.53. The number of halogens is 5. The number of hydrogen-bond acceptors (Lipinski definition) is 6. The molecule has 3 aromatic rings. The molecule has 0 fully saturated rings. The van der Waals surface area contributed by atoms with Gasteiger partial charge < -0.3 is 9.26 Å². The zero-order valence-electron chi connectivity index (χ0n) is 18.5. The van der Waals surface area contributed by atoms with Crippen molar-refractivity contribution in [1.29, 1.82) is 0 Å². The van der Waals surface area contributed by atoms with Gasteiger partial charge in [0.15, 0.2) is 23.2 Å². The zero-order valence-corrected chi connectivity index (χ0v) is 18.5. The van der Waals surface area contributed by atoms with E-state index in [1.807, 2.05) is 6.08 Å². The number of fused-ring (bicyclic) bond motifs is 1. The number of amidine groups is 1. The summed E-state index contributed by atoms with van der Waals surface area (Å²) >= 11 is 0. The van der Waals surface area contributed by atoms with Crippen molar-refractivity contribution in [3.05, 3.63) is 83.2 Å². The molecule has 1 unspecified atom stereocenters. The smallest absolute Gasteiger partial charge is 0.406 e. The highest BCUT2D eigenvalue weighted by Gasteiger charge is 2.31. The van der Waals surface area contributed by atoms with Crippen LogP contribution >= 0.6 is 0 Å². The van der Waals surface area contributed by atoms with Crippen molar-refractivity contribution in [1.82, 2.24) is 5.16 Å². The Morgan fingerprint density at radius 3 is 2.61 bits per heavy atom. The second-order valence-electron chi connectivity index (χ2n) is 8.09. The zero-order chi connectivity index (χ0) is 25.3. The van der Waals surface area contributed by atoms with E-state index in [1.165, 1.54) is 36.4 Å². The van der Waals surface area contributed by atoms with Crippen LogP contribution in [0.5, 0.6) is 5.75 Å². The maximum Gasteiger partial charge on any atom is 0.573 e. The second kappa shape index (κ2) is 9.48. The lowest BCUT2D eigenvalue weighted by Crippen LogP contribution is -2.16. The summed E-state index contributed by atoms with van der Waals surface area (Å²) in [5.74, 6) is -1.82. The fraction of sp³-hybridized carbons (Fsp3) is 0.200. The van der Waals surface area contributed by atoms with E-state index < -0.39 is 18.0 Å². The molecule has 1 aromatic heterocycles. The van der Waals surface area contributed by atoms with Crippen molar-refractivity contribution in [2.75, 3.05) is 0 Å². The summed E-state index contributed by atoms with van der Waals surface area (Å²) in [7, 11) is 0. The molecular formula is C25H17F5N4O2. The van der Waals surface area contributed by atoms with E-state index in [9.17, 15) is 22.0 Å². The summed E-state index contributed by atoms with van der Waals surface area (Å²) < 4.78 is 74.0. The molecule has 0 amide bonds. The molecule has 184 valence electrons. The molecule has 3 heterocycles. The van der Waals surface area contributed by atoms with Gasteiger partial charge in [-0.2, -0.15) is 0 Å². The first-order valence-corrected chi connectivity index (χ1v) is 10.9. The van der Waals surface area contributed by atoms with E-state index in [0.717, 1.165) is 6.07 Å². The largest absolute Gasteiger partial charge is 0.573 e. The molecule has 2 aliphatic rings. The number of benzene rings is 2. The highest BCUT2D eigenvalue weighted by atomic mass is 19.4. The number of rotatable bonds is 5. The molecule has 2 aliphatic heterocycles. The van der Waals surface area contributed by atoms with Crippen LogP contribution in [-0.4, -0.2) is 35.3 Å². The van der Waals surface area contributed by atoms with E-state index in [4.69, 9.17) is 4.52 Å².